The third-order valence-corrected chi connectivity index (χ3v) is 11.7. The molecule has 0 aromatic heterocycles. The van der Waals surface area contributed by atoms with Gasteiger partial charge in [0, 0.05) is 18.6 Å². The molecule has 0 spiro atoms. The van der Waals surface area contributed by atoms with Crippen molar-refractivity contribution in [2.75, 3.05) is 13.2 Å². The Morgan fingerprint density at radius 3 is 1.92 bits per heavy atom. The van der Waals surface area contributed by atoms with Gasteiger partial charge in [0.2, 0.25) is 0 Å². The van der Waals surface area contributed by atoms with Crippen LogP contribution in [0.4, 0.5) is 0 Å². The number of benzene rings is 1. The fourth-order valence-electron chi connectivity index (χ4n) is 4.50. The lowest BCUT2D eigenvalue weighted by atomic mass is 9.98. The molecule has 0 radical (unpaired) electrons. The minimum Gasteiger partial charge on any atom is -0.542 e. The molecule has 0 saturated heterocycles. The summed E-state index contributed by atoms with van der Waals surface area (Å²) < 4.78 is 12.5. The first-order valence-corrected chi connectivity index (χ1v) is 12.4. The minimum absolute atomic E-state index is 0.404. The van der Waals surface area contributed by atoms with Gasteiger partial charge in [-0.1, -0.05) is 48.5 Å². The predicted octanol–water partition coefficient (Wildman–Crippen LogP) is 6.40. The van der Waals surface area contributed by atoms with Crippen LogP contribution >= 0.6 is 0 Å². The molecule has 0 fully saturated rings. The van der Waals surface area contributed by atoms with Crippen LogP contribution in [0.2, 0.25) is 16.6 Å². The Morgan fingerprint density at radius 2 is 1.50 bits per heavy atom. The molecular weight excluding hydrogens is 340 g/mol. The molecule has 1 rings (SSSR count). The molecule has 0 atom stereocenters. The molecule has 26 heavy (non-hydrogen) atoms. The number of hydrogen-bond acceptors (Lipinski definition) is 3. The molecule has 0 amide bonds. The number of ether oxygens (including phenoxy) is 1. The number of rotatable bonds is 10. The van der Waals surface area contributed by atoms with Gasteiger partial charge in [-0.2, -0.15) is 0 Å². The van der Waals surface area contributed by atoms with E-state index in [1.165, 1.54) is 0 Å². The zero-order chi connectivity index (χ0) is 20.1. The average Bonchev–Trinajstić information content (AvgIpc) is 2.54. The molecular formula is C22H40O3Si. The summed E-state index contributed by atoms with van der Waals surface area (Å²) in [6, 6.07) is 2.15. The molecule has 1 N–H and O–H groups in total. The largest absolute Gasteiger partial charge is 0.542 e. The van der Waals surface area contributed by atoms with E-state index in [2.05, 4.69) is 61.5 Å². The van der Waals surface area contributed by atoms with E-state index in [0.717, 1.165) is 28.9 Å². The van der Waals surface area contributed by atoms with E-state index in [9.17, 15) is 5.11 Å². The summed E-state index contributed by atoms with van der Waals surface area (Å²) in [7, 11) is -2.07. The lowest BCUT2D eigenvalue weighted by Gasteiger charge is -2.43. The maximum atomic E-state index is 10.9. The van der Waals surface area contributed by atoms with Crippen molar-refractivity contribution in [3.63, 3.8) is 0 Å². The number of phenolic OH excluding ortho intramolecular Hbond substituents is 1. The highest BCUT2D eigenvalue weighted by molar-refractivity contribution is 6.78. The van der Waals surface area contributed by atoms with Gasteiger partial charge >= 0.3 is 0 Å². The van der Waals surface area contributed by atoms with Crippen molar-refractivity contribution >= 4 is 8.32 Å². The minimum atomic E-state index is -2.07. The second-order valence-corrected chi connectivity index (χ2v) is 13.6. The molecule has 4 heteroatoms. The van der Waals surface area contributed by atoms with Crippen molar-refractivity contribution in [3.05, 3.63) is 22.8 Å². The monoisotopic (exact) mass is 380 g/mol. The van der Waals surface area contributed by atoms with E-state index in [4.69, 9.17) is 9.16 Å². The Kier molecular flexibility index (Phi) is 8.68. The van der Waals surface area contributed by atoms with Gasteiger partial charge in [0.25, 0.3) is 8.32 Å². The summed E-state index contributed by atoms with van der Waals surface area (Å²) in [5, 5.41) is 10.9. The van der Waals surface area contributed by atoms with Crippen molar-refractivity contribution in [2.45, 2.75) is 91.8 Å². The Balaban J connectivity index is 3.48. The highest BCUT2D eigenvalue weighted by Crippen LogP contribution is 2.45. The number of aromatic hydroxyl groups is 1. The fraction of sp³-hybridized carbons (Fsp3) is 0.727. The van der Waals surface area contributed by atoms with Crippen molar-refractivity contribution < 1.29 is 14.3 Å². The zero-order valence-corrected chi connectivity index (χ0v) is 19.4. The quantitative estimate of drug-likeness (QED) is 0.377. The van der Waals surface area contributed by atoms with E-state index in [0.29, 0.717) is 42.0 Å². The lowest BCUT2D eigenvalue weighted by Crippen LogP contribution is -2.50. The van der Waals surface area contributed by atoms with Gasteiger partial charge in [0.1, 0.15) is 11.5 Å². The summed E-state index contributed by atoms with van der Waals surface area (Å²) in [6.07, 6.45) is 1.50. The fourth-order valence-corrected chi connectivity index (χ4v) is 9.77. The molecule has 0 aliphatic carbocycles. The first-order valence-electron chi connectivity index (χ1n) is 10.2. The third-order valence-electron chi connectivity index (χ3n) is 5.74. The summed E-state index contributed by atoms with van der Waals surface area (Å²) in [4.78, 5) is 0. The van der Waals surface area contributed by atoms with Crippen LogP contribution in [-0.4, -0.2) is 26.6 Å². The number of phenols is 1. The van der Waals surface area contributed by atoms with Crippen molar-refractivity contribution in [1.82, 2.24) is 0 Å². The molecule has 0 saturated carbocycles. The molecule has 0 aliphatic rings. The highest BCUT2D eigenvalue weighted by Gasteiger charge is 2.47. The molecule has 1 aromatic rings. The Labute approximate surface area is 162 Å². The van der Waals surface area contributed by atoms with E-state index >= 15 is 0 Å². The second-order valence-electron chi connectivity index (χ2n) is 8.22. The van der Waals surface area contributed by atoms with Crippen LogP contribution in [0.3, 0.4) is 0 Å². The van der Waals surface area contributed by atoms with Crippen molar-refractivity contribution in [2.24, 2.45) is 0 Å². The van der Waals surface area contributed by atoms with Crippen LogP contribution in [0.25, 0.3) is 0 Å². The Morgan fingerprint density at radius 1 is 0.962 bits per heavy atom. The van der Waals surface area contributed by atoms with Gasteiger partial charge < -0.3 is 14.3 Å². The summed E-state index contributed by atoms with van der Waals surface area (Å²) in [6.45, 7) is 21.2. The van der Waals surface area contributed by atoms with Gasteiger partial charge in [-0.25, -0.2) is 0 Å². The van der Waals surface area contributed by atoms with Gasteiger partial charge in [-0.15, -0.1) is 0 Å². The van der Waals surface area contributed by atoms with Gasteiger partial charge in [0.15, 0.2) is 0 Å². The Bertz CT molecular complexity index is 557. The number of aryl methyl sites for hydroxylation is 1. The standard InChI is InChI=1S/C22H40O3Si/c1-10-19-18(9)14-21(20(22(19)23)12-13-24-11-2)25-26(15(3)4,16(5)6)17(7)8/h14-17,23H,10-13H2,1-9H3. The van der Waals surface area contributed by atoms with Crippen LogP contribution < -0.4 is 4.43 Å². The normalized spacial score (nSPS) is 12.5. The number of hydrogen-bond donors (Lipinski definition) is 1. The van der Waals surface area contributed by atoms with Crippen LogP contribution in [-0.2, 0) is 17.6 Å². The van der Waals surface area contributed by atoms with E-state index in [1.807, 2.05) is 6.92 Å². The van der Waals surface area contributed by atoms with Gasteiger partial charge in [-0.05, 0) is 54.1 Å². The van der Waals surface area contributed by atoms with Crippen LogP contribution in [0, 0.1) is 6.92 Å². The van der Waals surface area contributed by atoms with Gasteiger partial charge in [0.05, 0.1) is 6.61 Å². The maximum Gasteiger partial charge on any atom is 0.258 e. The van der Waals surface area contributed by atoms with Gasteiger partial charge in [-0.3, -0.25) is 0 Å². The molecule has 0 heterocycles. The maximum absolute atomic E-state index is 10.9. The van der Waals surface area contributed by atoms with Crippen LogP contribution in [0.15, 0.2) is 6.07 Å². The lowest BCUT2D eigenvalue weighted by molar-refractivity contribution is 0.150. The summed E-state index contributed by atoms with van der Waals surface area (Å²) >= 11 is 0. The first-order chi connectivity index (χ1) is 12.1. The zero-order valence-electron chi connectivity index (χ0n) is 18.4. The molecule has 3 nitrogen and oxygen atoms in total. The molecule has 150 valence electrons. The molecule has 0 bridgehead atoms. The Hall–Kier alpha value is -1.00. The average molecular weight is 381 g/mol. The second kappa shape index (κ2) is 9.79. The topological polar surface area (TPSA) is 38.7 Å². The SMILES string of the molecule is CCOCCc1c(O[Si](C(C)C)(C(C)C)C(C)C)cc(C)c(CC)c1O. The van der Waals surface area contributed by atoms with E-state index in [-0.39, 0.29) is 0 Å². The summed E-state index contributed by atoms with van der Waals surface area (Å²) in [5.74, 6) is 1.28. The predicted molar refractivity (Wildman–Crippen MR) is 114 cm³/mol. The highest BCUT2D eigenvalue weighted by atomic mass is 28.4. The van der Waals surface area contributed by atoms with Crippen LogP contribution in [0.5, 0.6) is 11.5 Å². The van der Waals surface area contributed by atoms with Crippen molar-refractivity contribution in [1.29, 1.82) is 0 Å². The third kappa shape index (κ3) is 4.64. The molecule has 0 unspecified atom stereocenters. The molecule has 0 aliphatic heterocycles. The molecule has 1 aromatic carbocycles. The van der Waals surface area contributed by atoms with E-state index in [1.54, 1.807) is 0 Å². The smallest absolute Gasteiger partial charge is 0.258 e. The summed E-state index contributed by atoms with van der Waals surface area (Å²) in [5.41, 5.74) is 4.54. The van der Waals surface area contributed by atoms with Crippen LogP contribution in [0.1, 0.15) is 72.1 Å². The van der Waals surface area contributed by atoms with E-state index < -0.39 is 8.32 Å². The van der Waals surface area contributed by atoms with Crippen molar-refractivity contribution in [3.8, 4) is 11.5 Å². The first kappa shape index (κ1) is 23.0.